The van der Waals surface area contributed by atoms with E-state index in [1.165, 1.54) is 12.1 Å². The van der Waals surface area contributed by atoms with Crippen LogP contribution in [-0.4, -0.2) is 18.0 Å². The molecule has 2 nitrogen and oxygen atoms in total. The molecule has 0 spiro atoms. The van der Waals surface area contributed by atoms with E-state index in [4.69, 9.17) is 4.74 Å². The molecular weight excluding hydrogens is 181 g/mol. The molecule has 1 aromatic carbocycles. The van der Waals surface area contributed by atoms with Gasteiger partial charge in [-0.05, 0) is 32.0 Å². The average molecular weight is 193 g/mol. The lowest BCUT2D eigenvalue weighted by atomic mass is 10.1. The first kappa shape index (κ1) is 9.19. The molecule has 0 unspecified atom stereocenters. The van der Waals surface area contributed by atoms with E-state index >= 15 is 0 Å². The summed E-state index contributed by atoms with van der Waals surface area (Å²) in [7, 11) is 0. The van der Waals surface area contributed by atoms with E-state index in [1.54, 1.807) is 12.1 Å². The Morgan fingerprint density at radius 1 is 1.43 bits per heavy atom. The zero-order chi connectivity index (χ0) is 10.2. The number of nitrogens with zero attached hydrogens (tertiary/aromatic N) is 1. The lowest BCUT2D eigenvalue weighted by Crippen LogP contribution is -2.17. The van der Waals surface area contributed by atoms with Gasteiger partial charge in [0.2, 0.25) is 5.90 Å². The third kappa shape index (κ3) is 1.76. The number of benzene rings is 1. The first-order chi connectivity index (χ1) is 6.57. The van der Waals surface area contributed by atoms with E-state index in [1.807, 2.05) is 13.8 Å². The number of aliphatic imine (C=N–C) groups is 1. The third-order valence-electron chi connectivity index (χ3n) is 2.04. The number of halogens is 1. The molecule has 74 valence electrons. The Kier molecular flexibility index (Phi) is 2.02. The van der Waals surface area contributed by atoms with Gasteiger partial charge in [-0.15, -0.1) is 0 Å². The molecule has 2 rings (SSSR count). The minimum absolute atomic E-state index is 0.193. The highest BCUT2D eigenvalue weighted by atomic mass is 19.1. The van der Waals surface area contributed by atoms with Crippen LogP contribution in [0.1, 0.15) is 19.4 Å². The quantitative estimate of drug-likeness (QED) is 0.671. The number of ether oxygens (including phenoxy) is 1. The van der Waals surface area contributed by atoms with Crippen molar-refractivity contribution in [3.63, 3.8) is 0 Å². The van der Waals surface area contributed by atoms with Crippen LogP contribution in [0.2, 0.25) is 0 Å². The van der Waals surface area contributed by atoms with Gasteiger partial charge in [-0.3, -0.25) is 0 Å². The second kappa shape index (κ2) is 3.08. The van der Waals surface area contributed by atoms with E-state index in [0.717, 1.165) is 0 Å². The molecule has 0 aliphatic carbocycles. The maximum Gasteiger partial charge on any atom is 0.216 e. The molecule has 0 bridgehead atoms. The smallest absolute Gasteiger partial charge is 0.216 e. The Bertz CT molecular complexity index is 385. The molecule has 0 fully saturated rings. The summed E-state index contributed by atoms with van der Waals surface area (Å²) >= 11 is 0. The summed E-state index contributed by atoms with van der Waals surface area (Å²) in [6, 6.07) is 6.29. The second-order valence-electron chi connectivity index (χ2n) is 4.03. The van der Waals surface area contributed by atoms with Crippen LogP contribution >= 0.6 is 0 Å². The molecule has 1 heterocycles. The van der Waals surface area contributed by atoms with Crippen LogP contribution in [0.4, 0.5) is 4.39 Å². The van der Waals surface area contributed by atoms with Crippen LogP contribution in [0.15, 0.2) is 29.3 Å². The average Bonchev–Trinajstić information content (AvgIpc) is 2.46. The molecular formula is C11H12FNO. The van der Waals surface area contributed by atoms with Gasteiger partial charge < -0.3 is 4.74 Å². The highest BCUT2D eigenvalue weighted by Gasteiger charge is 2.26. The number of rotatable bonds is 1. The monoisotopic (exact) mass is 193 g/mol. The summed E-state index contributed by atoms with van der Waals surface area (Å²) < 4.78 is 18.3. The predicted octanol–water partition coefficient (Wildman–Crippen LogP) is 2.38. The highest BCUT2D eigenvalue weighted by Crippen LogP contribution is 2.20. The molecule has 0 atom stereocenters. The lowest BCUT2D eigenvalue weighted by Gasteiger charge is -2.07. The number of hydrogen-bond donors (Lipinski definition) is 0. The molecule has 0 radical (unpaired) electrons. The predicted molar refractivity (Wildman–Crippen MR) is 53.0 cm³/mol. The van der Waals surface area contributed by atoms with Crippen molar-refractivity contribution in [2.45, 2.75) is 19.4 Å². The van der Waals surface area contributed by atoms with Gasteiger partial charge in [-0.1, -0.05) is 6.07 Å². The van der Waals surface area contributed by atoms with Gasteiger partial charge in [0.15, 0.2) is 0 Å². The molecule has 1 aliphatic rings. The molecule has 0 saturated carbocycles. The van der Waals surface area contributed by atoms with Crippen molar-refractivity contribution in [2.24, 2.45) is 4.99 Å². The number of hydrogen-bond acceptors (Lipinski definition) is 2. The zero-order valence-electron chi connectivity index (χ0n) is 8.25. The maximum atomic E-state index is 12.9. The van der Waals surface area contributed by atoms with E-state index in [9.17, 15) is 4.39 Å². The van der Waals surface area contributed by atoms with Crippen molar-refractivity contribution in [1.82, 2.24) is 0 Å². The minimum atomic E-state index is -0.265. The molecule has 0 aromatic heterocycles. The Balaban J connectivity index is 2.33. The van der Waals surface area contributed by atoms with Gasteiger partial charge in [0, 0.05) is 5.56 Å². The molecule has 0 saturated heterocycles. The van der Waals surface area contributed by atoms with Gasteiger partial charge in [0.25, 0.3) is 0 Å². The van der Waals surface area contributed by atoms with Crippen molar-refractivity contribution in [3.8, 4) is 0 Å². The van der Waals surface area contributed by atoms with E-state index in [2.05, 4.69) is 4.99 Å². The fraction of sp³-hybridized carbons (Fsp3) is 0.364. The van der Waals surface area contributed by atoms with Gasteiger partial charge in [0.05, 0.1) is 5.54 Å². The van der Waals surface area contributed by atoms with Crippen LogP contribution in [0.25, 0.3) is 0 Å². The summed E-state index contributed by atoms with van der Waals surface area (Å²) in [5, 5.41) is 0. The lowest BCUT2D eigenvalue weighted by molar-refractivity contribution is 0.279. The van der Waals surface area contributed by atoms with Crippen molar-refractivity contribution < 1.29 is 9.13 Å². The molecule has 1 aliphatic heterocycles. The Morgan fingerprint density at radius 2 is 2.21 bits per heavy atom. The van der Waals surface area contributed by atoms with Gasteiger partial charge in [-0.2, -0.15) is 0 Å². The second-order valence-corrected chi connectivity index (χ2v) is 4.03. The van der Waals surface area contributed by atoms with E-state index in [0.29, 0.717) is 18.1 Å². The molecule has 0 N–H and O–H groups in total. The van der Waals surface area contributed by atoms with E-state index < -0.39 is 0 Å². The standard InChI is InChI=1S/C11H12FNO/c1-11(2)7-14-10(13-11)8-4-3-5-9(12)6-8/h3-6H,7H2,1-2H3. The van der Waals surface area contributed by atoms with Crippen LogP contribution in [-0.2, 0) is 4.74 Å². The minimum Gasteiger partial charge on any atom is -0.475 e. The summed E-state index contributed by atoms with van der Waals surface area (Å²) in [5.74, 6) is 0.271. The fourth-order valence-corrected chi connectivity index (χ4v) is 1.35. The summed E-state index contributed by atoms with van der Waals surface area (Å²) in [6.45, 7) is 4.53. The van der Waals surface area contributed by atoms with Gasteiger partial charge in [0.1, 0.15) is 12.4 Å². The van der Waals surface area contributed by atoms with Crippen molar-refractivity contribution in [3.05, 3.63) is 35.6 Å². The fourth-order valence-electron chi connectivity index (χ4n) is 1.35. The first-order valence-electron chi connectivity index (χ1n) is 4.55. The van der Waals surface area contributed by atoms with Crippen LogP contribution in [0.3, 0.4) is 0 Å². The van der Waals surface area contributed by atoms with E-state index in [-0.39, 0.29) is 11.4 Å². The zero-order valence-corrected chi connectivity index (χ0v) is 8.25. The maximum absolute atomic E-state index is 12.9. The topological polar surface area (TPSA) is 21.6 Å². The van der Waals surface area contributed by atoms with Crippen LogP contribution in [0, 0.1) is 5.82 Å². The SMILES string of the molecule is CC1(C)COC(c2cccc(F)c2)=N1. The highest BCUT2D eigenvalue weighted by molar-refractivity contribution is 5.95. The largest absolute Gasteiger partial charge is 0.475 e. The Morgan fingerprint density at radius 3 is 2.79 bits per heavy atom. The molecule has 14 heavy (non-hydrogen) atoms. The third-order valence-corrected chi connectivity index (χ3v) is 2.04. The van der Waals surface area contributed by atoms with Gasteiger partial charge in [-0.25, -0.2) is 9.38 Å². The van der Waals surface area contributed by atoms with Gasteiger partial charge >= 0.3 is 0 Å². The van der Waals surface area contributed by atoms with Crippen molar-refractivity contribution in [1.29, 1.82) is 0 Å². The summed E-state index contributed by atoms with van der Waals surface area (Å²) in [6.07, 6.45) is 0. The van der Waals surface area contributed by atoms with Crippen molar-refractivity contribution >= 4 is 5.90 Å². The molecule has 3 heteroatoms. The normalized spacial score (nSPS) is 18.9. The summed E-state index contributed by atoms with van der Waals surface area (Å²) in [5.41, 5.74) is 0.511. The first-order valence-corrected chi connectivity index (χ1v) is 4.55. The summed E-state index contributed by atoms with van der Waals surface area (Å²) in [4.78, 5) is 4.36. The van der Waals surface area contributed by atoms with Crippen molar-refractivity contribution in [2.75, 3.05) is 6.61 Å². The Labute approximate surface area is 82.4 Å². The van der Waals surface area contributed by atoms with Crippen LogP contribution < -0.4 is 0 Å². The molecule has 1 aromatic rings. The Hall–Kier alpha value is -1.38. The van der Waals surface area contributed by atoms with Crippen LogP contribution in [0.5, 0.6) is 0 Å². The molecule has 0 amide bonds.